The van der Waals surface area contributed by atoms with Crippen molar-refractivity contribution in [1.29, 1.82) is 0 Å². The van der Waals surface area contributed by atoms with Crippen LogP contribution < -0.4 is 5.32 Å². The molecule has 0 aliphatic carbocycles. The molecule has 0 spiro atoms. The molecular formula is C24H23N3O3S2. The van der Waals surface area contributed by atoms with Crippen LogP contribution in [0.3, 0.4) is 0 Å². The number of rotatable bonds is 7. The second-order valence-corrected chi connectivity index (χ2v) is 10.6. The Bertz CT molecular complexity index is 1310. The van der Waals surface area contributed by atoms with E-state index in [1.807, 2.05) is 54.8 Å². The minimum Gasteiger partial charge on any atom is -0.345 e. The first-order valence-electron chi connectivity index (χ1n) is 10.1. The van der Waals surface area contributed by atoms with E-state index in [2.05, 4.69) is 10.4 Å². The van der Waals surface area contributed by atoms with E-state index in [1.54, 1.807) is 35.1 Å². The van der Waals surface area contributed by atoms with Crippen molar-refractivity contribution in [3.05, 3.63) is 95.0 Å². The molecule has 0 bridgehead atoms. The molecule has 0 aliphatic heterocycles. The second kappa shape index (κ2) is 9.10. The molecule has 2 aromatic heterocycles. The smallest absolute Gasteiger partial charge is 0.255 e. The Hall–Kier alpha value is -3.23. The van der Waals surface area contributed by atoms with Crippen LogP contribution in [0.25, 0.3) is 10.6 Å². The van der Waals surface area contributed by atoms with E-state index in [0.717, 1.165) is 16.0 Å². The Morgan fingerprint density at radius 3 is 2.41 bits per heavy atom. The number of thiophene rings is 1. The molecule has 0 unspecified atom stereocenters. The molecule has 0 radical (unpaired) electrons. The SMILES string of the molecule is C[C@@H](NC(=O)c1cn(Cc2ccccc2)nc1-c1cccs1)c1ccc(S(C)(=O)=O)cc1. The van der Waals surface area contributed by atoms with E-state index < -0.39 is 9.84 Å². The summed E-state index contributed by atoms with van der Waals surface area (Å²) in [5.41, 5.74) is 3.06. The van der Waals surface area contributed by atoms with Crippen molar-refractivity contribution in [3.63, 3.8) is 0 Å². The Morgan fingerprint density at radius 1 is 1.06 bits per heavy atom. The van der Waals surface area contributed by atoms with E-state index in [0.29, 0.717) is 17.8 Å². The van der Waals surface area contributed by atoms with Gasteiger partial charge in [0.25, 0.3) is 5.91 Å². The summed E-state index contributed by atoms with van der Waals surface area (Å²) in [5, 5.41) is 9.66. The zero-order chi connectivity index (χ0) is 22.7. The Morgan fingerprint density at radius 2 is 1.78 bits per heavy atom. The first kappa shape index (κ1) is 22.0. The molecule has 2 aromatic carbocycles. The fourth-order valence-corrected chi connectivity index (χ4v) is 4.75. The molecule has 1 N–H and O–H groups in total. The maximum Gasteiger partial charge on any atom is 0.255 e. The number of hydrogen-bond acceptors (Lipinski definition) is 5. The molecule has 1 atom stereocenters. The lowest BCUT2D eigenvalue weighted by Gasteiger charge is -2.14. The number of carbonyl (C=O) groups excluding carboxylic acids is 1. The van der Waals surface area contributed by atoms with Crippen LogP contribution in [-0.2, 0) is 16.4 Å². The zero-order valence-electron chi connectivity index (χ0n) is 17.7. The van der Waals surface area contributed by atoms with Crippen molar-refractivity contribution in [1.82, 2.24) is 15.1 Å². The van der Waals surface area contributed by atoms with Crippen molar-refractivity contribution in [2.75, 3.05) is 6.26 Å². The third-order valence-electron chi connectivity index (χ3n) is 5.10. The van der Waals surface area contributed by atoms with E-state index >= 15 is 0 Å². The van der Waals surface area contributed by atoms with Crippen LogP contribution in [0, 0.1) is 0 Å². The second-order valence-electron chi connectivity index (χ2n) is 7.59. The van der Waals surface area contributed by atoms with Gasteiger partial charge in [0, 0.05) is 12.5 Å². The van der Waals surface area contributed by atoms with Gasteiger partial charge in [-0.05, 0) is 41.6 Å². The predicted octanol–water partition coefficient (Wildman–Crippen LogP) is 4.55. The number of aromatic nitrogens is 2. The van der Waals surface area contributed by atoms with Gasteiger partial charge in [-0.1, -0.05) is 48.5 Å². The normalized spacial score (nSPS) is 12.4. The topological polar surface area (TPSA) is 81.1 Å². The van der Waals surface area contributed by atoms with E-state index in [1.165, 1.54) is 17.6 Å². The van der Waals surface area contributed by atoms with Crippen LogP contribution in [-0.4, -0.2) is 30.4 Å². The summed E-state index contributed by atoms with van der Waals surface area (Å²) in [6.07, 6.45) is 2.95. The van der Waals surface area contributed by atoms with Crippen LogP contribution >= 0.6 is 11.3 Å². The Kier molecular flexibility index (Phi) is 6.25. The van der Waals surface area contributed by atoms with Crippen LogP contribution in [0.2, 0.25) is 0 Å². The van der Waals surface area contributed by atoms with Gasteiger partial charge in [0.1, 0.15) is 5.69 Å². The van der Waals surface area contributed by atoms with Gasteiger partial charge in [-0.2, -0.15) is 5.10 Å². The molecule has 2 heterocycles. The summed E-state index contributed by atoms with van der Waals surface area (Å²) >= 11 is 1.53. The lowest BCUT2D eigenvalue weighted by atomic mass is 10.1. The molecular weight excluding hydrogens is 442 g/mol. The molecule has 8 heteroatoms. The van der Waals surface area contributed by atoms with Gasteiger partial charge in [0.2, 0.25) is 0 Å². The van der Waals surface area contributed by atoms with Gasteiger partial charge in [-0.15, -0.1) is 11.3 Å². The molecule has 32 heavy (non-hydrogen) atoms. The molecule has 164 valence electrons. The quantitative estimate of drug-likeness (QED) is 0.434. The van der Waals surface area contributed by atoms with E-state index in [9.17, 15) is 13.2 Å². The highest BCUT2D eigenvalue weighted by Crippen LogP contribution is 2.27. The number of benzene rings is 2. The highest BCUT2D eigenvalue weighted by atomic mass is 32.2. The Balaban J connectivity index is 1.58. The summed E-state index contributed by atoms with van der Waals surface area (Å²) in [7, 11) is -3.26. The average molecular weight is 466 g/mol. The molecule has 6 nitrogen and oxygen atoms in total. The molecule has 4 rings (SSSR count). The molecule has 0 saturated carbocycles. The summed E-state index contributed by atoms with van der Waals surface area (Å²) in [4.78, 5) is 14.4. The lowest BCUT2D eigenvalue weighted by Crippen LogP contribution is -2.26. The number of nitrogens with zero attached hydrogens (tertiary/aromatic N) is 2. The first-order valence-corrected chi connectivity index (χ1v) is 12.8. The number of nitrogens with one attached hydrogen (secondary N) is 1. The number of sulfone groups is 1. The third kappa shape index (κ3) is 4.98. The van der Waals surface area contributed by atoms with Gasteiger partial charge in [0.15, 0.2) is 9.84 Å². The number of hydrogen-bond donors (Lipinski definition) is 1. The molecule has 0 fully saturated rings. The molecule has 1 amide bonds. The van der Waals surface area contributed by atoms with Gasteiger partial charge in [-0.3, -0.25) is 9.48 Å². The third-order valence-corrected chi connectivity index (χ3v) is 7.11. The molecule has 4 aromatic rings. The van der Waals surface area contributed by atoms with E-state index in [4.69, 9.17) is 0 Å². The van der Waals surface area contributed by atoms with Gasteiger partial charge in [0.05, 0.1) is 27.9 Å². The monoisotopic (exact) mass is 465 g/mol. The van der Waals surface area contributed by atoms with Crippen molar-refractivity contribution in [2.45, 2.75) is 24.4 Å². The average Bonchev–Trinajstić information content (AvgIpc) is 3.44. The van der Waals surface area contributed by atoms with Crippen molar-refractivity contribution < 1.29 is 13.2 Å². The van der Waals surface area contributed by atoms with E-state index in [-0.39, 0.29) is 16.8 Å². The molecule has 0 aliphatic rings. The van der Waals surface area contributed by atoms with Crippen LogP contribution in [0.15, 0.2) is 83.2 Å². The predicted molar refractivity (Wildman–Crippen MR) is 127 cm³/mol. The fourth-order valence-electron chi connectivity index (χ4n) is 3.40. The summed E-state index contributed by atoms with van der Waals surface area (Å²) in [6, 6.07) is 20.1. The highest BCUT2D eigenvalue weighted by molar-refractivity contribution is 7.90. The van der Waals surface area contributed by atoms with Gasteiger partial charge in [-0.25, -0.2) is 8.42 Å². The lowest BCUT2D eigenvalue weighted by molar-refractivity contribution is 0.0940. The van der Waals surface area contributed by atoms with Crippen LogP contribution in [0.1, 0.15) is 34.5 Å². The fraction of sp³-hybridized carbons (Fsp3) is 0.167. The zero-order valence-corrected chi connectivity index (χ0v) is 19.4. The largest absolute Gasteiger partial charge is 0.345 e. The summed E-state index contributed by atoms with van der Waals surface area (Å²) < 4.78 is 25.1. The van der Waals surface area contributed by atoms with Crippen molar-refractivity contribution in [2.24, 2.45) is 0 Å². The number of amides is 1. The summed E-state index contributed by atoms with van der Waals surface area (Å²) in [5.74, 6) is -0.229. The van der Waals surface area contributed by atoms with Crippen molar-refractivity contribution in [3.8, 4) is 10.6 Å². The van der Waals surface area contributed by atoms with Gasteiger partial charge >= 0.3 is 0 Å². The van der Waals surface area contributed by atoms with Gasteiger partial charge < -0.3 is 5.32 Å². The standard InChI is InChI=1S/C24H23N3O3S2/c1-17(19-10-12-20(13-11-19)32(2,29)30)25-24(28)21-16-27(15-18-7-4-3-5-8-18)26-23(21)22-9-6-14-31-22/h3-14,16-17H,15H2,1-2H3,(H,25,28)/t17-/m1/s1. The minimum atomic E-state index is -3.26. The maximum absolute atomic E-state index is 13.2. The van der Waals surface area contributed by atoms with Crippen LogP contribution in [0.5, 0.6) is 0 Å². The molecule has 0 saturated heterocycles. The minimum absolute atomic E-state index is 0.229. The van der Waals surface area contributed by atoms with Crippen LogP contribution in [0.4, 0.5) is 0 Å². The van der Waals surface area contributed by atoms with Crippen molar-refractivity contribution >= 4 is 27.1 Å². The maximum atomic E-state index is 13.2. The first-order chi connectivity index (χ1) is 15.3. The summed E-state index contributed by atoms with van der Waals surface area (Å²) in [6.45, 7) is 2.43. The highest BCUT2D eigenvalue weighted by Gasteiger charge is 2.21. The Labute approximate surface area is 191 Å². The number of carbonyl (C=O) groups is 1.